The third-order valence-electron chi connectivity index (χ3n) is 2.92. The number of nitrogens with one attached hydrogen (secondary N) is 2. The summed E-state index contributed by atoms with van der Waals surface area (Å²) >= 11 is 5.88. The fraction of sp³-hybridized carbons (Fsp3) is 0.462. The van der Waals surface area contributed by atoms with Gasteiger partial charge < -0.3 is 10.6 Å². The summed E-state index contributed by atoms with van der Waals surface area (Å²) in [5, 5.41) is 7.00. The largest absolute Gasteiger partial charge is 0.352 e. The number of amides is 1. The summed E-state index contributed by atoms with van der Waals surface area (Å²) in [6.07, 6.45) is 2.59. The van der Waals surface area contributed by atoms with Gasteiger partial charge in [0, 0.05) is 17.6 Å². The molecule has 1 amide bonds. The molecule has 0 bridgehead atoms. The van der Waals surface area contributed by atoms with Crippen molar-refractivity contribution in [3.8, 4) is 0 Å². The predicted octanol–water partition coefficient (Wildman–Crippen LogP) is 2.17. The first-order valence-electron chi connectivity index (χ1n) is 5.98. The van der Waals surface area contributed by atoms with E-state index in [1.54, 1.807) is 0 Å². The maximum atomic E-state index is 11.8. The SMILES string of the molecule is Cl.O=C(Cc1cccc(Cl)c1)N[C@@H]1CCCNC1. The van der Waals surface area contributed by atoms with Crippen LogP contribution < -0.4 is 10.6 Å². The summed E-state index contributed by atoms with van der Waals surface area (Å²) in [6, 6.07) is 7.71. The van der Waals surface area contributed by atoms with Gasteiger partial charge in [0.05, 0.1) is 6.42 Å². The van der Waals surface area contributed by atoms with Crippen LogP contribution in [-0.2, 0) is 11.2 Å². The summed E-state index contributed by atoms with van der Waals surface area (Å²) in [7, 11) is 0. The third-order valence-corrected chi connectivity index (χ3v) is 3.15. The lowest BCUT2D eigenvalue weighted by Crippen LogP contribution is -2.46. The summed E-state index contributed by atoms with van der Waals surface area (Å²) in [4.78, 5) is 11.8. The Hall–Kier alpha value is -0.770. The van der Waals surface area contributed by atoms with E-state index in [0.29, 0.717) is 11.4 Å². The molecule has 18 heavy (non-hydrogen) atoms. The van der Waals surface area contributed by atoms with Gasteiger partial charge in [0.2, 0.25) is 5.91 Å². The Morgan fingerprint density at radius 3 is 3.00 bits per heavy atom. The average Bonchev–Trinajstić information content (AvgIpc) is 2.30. The number of rotatable bonds is 3. The summed E-state index contributed by atoms with van der Waals surface area (Å²) in [5.41, 5.74) is 0.957. The Morgan fingerprint density at radius 1 is 1.50 bits per heavy atom. The molecule has 0 unspecified atom stereocenters. The van der Waals surface area contributed by atoms with Crippen LogP contribution in [0.25, 0.3) is 0 Å². The van der Waals surface area contributed by atoms with Gasteiger partial charge >= 0.3 is 0 Å². The molecular weight excluding hydrogens is 271 g/mol. The maximum Gasteiger partial charge on any atom is 0.224 e. The van der Waals surface area contributed by atoms with Gasteiger partial charge in [-0.1, -0.05) is 23.7 Å². The van der Waals surface area contributed by atoms with Gasteiger partial charge in [-0.15, -0.1) is 12.4 Å². The normalized spacial score (nSPS) is 18.8. The predicted molar refractivity (Wildman–Crippen MR) is 76.4 cm³/mol. The Balaban J connectivity index is 0.00000162. The highest BCUT2D eigenvalue weighted by molar-refractivity contribution is 6.30. The van der Waals surface area contributed by atoms with Gasteiger partial charge in [0.25, 0.3) is 0 Å². The van der Waals surface area contributed by atoms with Crippen LogP contribution in [0.1, 0.15) is 18.4 Å². The van der Waals surface area contributed by atoms with E-state index in [2.05, 4.69) is 10.6 Å². The van der Waals surface area contributed by atoms with Crippen molar-refractivity contribution in [2.75, 3.05) is 13.1 Å². The average molecular weight is 289 g/mol. The second kappa shape index (κ2) is 7.62. The standard InChI is InChI=1S/C13H17ClN2O.ClH/c14-11-4-1-3-10(7-11)8-13(17)16-12-5-2-6-15-9-12;/h1,3-4,7,12,15H,2,5-6,8-9H2,(H,16,17);1H/t12-;/m1./s1. The van der Waals surface area contributed by atoms with Gasteiger partial charge in [-0.25, -0.2) is 0 Å². The van der Waals surface area contributed by atoms with Crippen molar-refractivity contribution in [2.24, 2.45) is 0 Å². The van der Waals surface area contributed by atoms with Crippen LogP contribution >= 0.6 is 24.0 Å². The molecule has 1 aliphatic rings. The van der Waals surface area contributed by atoms with E-state index in [0.717, 1.165) is 31.5 Å². The lowest BCUT2D eigenvalue weighted by molar-refractivity contribution is -0.121. The topological polar surface area (TPSA) is 41.1 Å². The smallest absolute Gasteiger partial charge is 0.224 e. The molecule has 0 radical (unpaired) electrons. The molecule has 2 rings (SSSR count). The fourth-order valence-electron chi connectivity index (χ4n) is 2.09. The molecule has 1 atom stereocenters. The van der Waals surface area contributed by atoms with E-state index in [1.165, 1.54) is 0 Å². The van der Waals surface area contributed by atoms with Crippen LogP contribution in [0, 0.1) is 0 Å². The minimum Gasteiger partial charge on any atom is -0.352 e. The van der Waals surface area contributed by atoms with Crippen molar-refractivity contribution < 1.29 is 4.79 Å². The molecular formula is C13H18Cl2N2O. The second-order valence-corrected chi connectivity index (χ2v) is 4.85. The van der Waals surface area contributed by atoms with Gasteiger partial charge in [0.15, 0.2) is 0 Å². The molecule has 0 aliphatic carbocycles. The van der Waals surface area contributed by atoms with Gasteiger partial charge in [-0.2, -0.15) is 0 Å². The molecule has 1 heterocycles. The number of hydrogen-bond donors (Lipinski definition) is 2. The van der Waals surface area contributed by atoms with E-state index in [9.17, 15) is 4.79 Å². The molecule has 1 aromatic carbocycles. The van der Waals surface area contributed by atoms with E-state index in [1.807, 2.05) is 24.3 Å². The Morgan fingerprint density at radius 2 is 2.33 bits per heavy atom. The zero-order valence-corrected chi connectivity index (χ0v) is 11.7. The summed E-state index contributed by atoms with van der Waals surface area (Å²) in [6.45, 7) is 1.93. The molecule has 100 valence electrons. The van der Waals surface area contributed by atoms with Gasteiger partial charge in [-0.05, 0) is 37.1 Å². The molecule has 2 N–H and O–H groups in total. The second-order valence-electron chi connectivity index (χ2n) is 4.42. The van der Waals surface area contributed by atoms with Crippen molar-refractivity contribution in [1.29, 1.82) is 0 Å². The number of carbonyl (C=O) groups is 1. The quantitative estimate of drug-likeness (QED) is 0.895. The molecule has 1 aliphatic heterocycles. The van der Waals surface area contributed by atoms with Crippen LogP contribution in [-0.4, -0.2) is 25.0 Å². The van der Waals surface area contributed by atoms with Crippen LogP contribution in [0.4, 0.5) is 0 Å². The van der Waals surface area contributed by atoms with Crippen molar-refractivity contribution in [2.45, 2.75) is 25.3 Å². The van der Waals surface area contributed by atoms with Crippen LogP contribution in [0.2, 0.25) is 5.02 Å². The Bertz CT molecular complexity index is 392. The van der Waals surface area contributed by atoms with Gasteiger partial charge in [0.1, 0.15) is 0 Å². The minimum atomic E-state index is 0. The minimum absolute atomic E-state index is 0. The monoisotopic (exact) mass is 288 g/mol. The van der Waals surface area contributed by atoms with E-state index >= 15 is 0 Å². The molecule has 1 saturated heterocycles. The van der Waals surface area contributed by atoms with E-state index < -0.39 is 0 Å². The summed E-state index contributed by atoms with van der Waals surface area (Å²) < 4.78 is 0. The van der Waals surface area contributed by atoms with Crippen LogP contribution in [0.15, 0.2) is 24.3 Å². The number of halogens is 2. The van der Waals surface area contributed by atoms with Crippen LogP contribution in [0.5, 0.6) is 0 Å². The van der Waals surface area contributed by atoms with E-state index in [4.69, 9.17) is 11.6 Å². The lowest BCUT2D eigenvalue weighted by atomic mass is 10.1. The first kappa shape index (κ1) is 15.3. The van der Waals surface area contributed by atoms with Gasteiger partial charge in [-0.3, -0.25) is 4.79 Å². The highest BCUT2D eigenvalue weighted by Crippen LogP contribution is 2.11. The highest BCUT2D eigenvalue weighted by Gasteiger charge is 2.15. The number of piperidine rings is 1. The Kier molecular flexibility index (Phi) is 6.47. The molecule has 1 aromatic rings. The molecule has 0 saturated carbocycles. The first-order valence-corrected chi connectivity index (χ1v) is 6.36. The zero-order chi connectivity index (χ0) is 12.1. The molecule has 5 heteroatoms. The zero-order valence-electron chi connectivity index (χ0n) is 10.1. The van der Waals surface area contributed by atoms with Crippen molar-refractivity contribution in [1.82, 2.24) is 10.6 Å². The van der Waals surface area contributed by atoms with Crippen molar-refractivity contribution in [3.05, 3.63) is 34.9 Å². The molecule has 1 fully saturated rings. The highest BCUT2D eigenvalue weighted by atomic mass is 35.5. The van der Waals surface area contributed by atoms with Crippen LogP contribution in [0.3, 0.4) is 0 Å². The first-order chi connectivity index (χ1) is 8.24. The Labute approximate surface area is 119 Å². The molecule has 0 aromatic heterocycles. The maximum absolute atomic E-state index is 11.8. The van der Waals surface area contributed by atoms with Crippen molar-refractivity contribution in [3.63, 3.8) is 0 Å². The third kappa shape index (κ3) is 4.84. The summed E-state index contributed by atoms with van der Waals surface area (Å²) in [5.74, 6) is 0.0703. The number of carbonyl (C=O) groups excluding carboxylic acids is 1. The number of benzene rings is 1. The lowest BCUT2D eigenvalue weighted by Gasteiger charge is -2.23. The fourth-order valence-corrected chi connectivity index (χ4v) is 2.30. The molecule has 3 nitrogen and oxygen atoms in total. The molecule has 0 spiro atoms. The van der Waals surface area contributed by atoms with E-state index in [-0.39, 0.29) is 24.4 Å². The van der Waals surface area contributed by atoms with Crippen molar-refractivity contribution >= 4 is 29.9 Å². The number of hydrogen-bond acceptors (Lipinski definition) is 2.